The van der Waals surface area contributed by atoms with E-state index in [1.165, 1.54) is 0 Å². The molecule has 10 nitrogen and oxygen atoms in total. The molecule has 6 N–H and O–H groups in total. The standard InChI is InChI=1S/C52H60N2O8/c1-27(2)41-35-21-29(5)43(49(57)45(35)37(47(55)51(41)59)25-53-39-17-9-7-13-31(39)23-33-15-11-19-61-33)44-30(6)22-36-42(28(3)4)52(60)48(56)38(46(36)50(44)58)26-54-40-18-10-8-14-32(40)24-34-16-12-20-62-34/h11-12,15-16,19-22,25-28,31-32,39-40,55-60H,7-10,13-14,17-18,23-24H2,1-6H3/t31-,32-,39-,40+/m0/s1. The number of hydrogen-bond acceptors (Lipinski definition) is 10. The van der Waals surface area contributed by atoms with Gasteiger partial charge in [-0.1, -0.05) is 65.5 Å². The van der Waals surface area contributed by atoms with Gasteiger partial charge in [0.15, 0.2) is 23.0 Å². The fraction of sp³-hybridized carbons (Fsp3) is 0.423. The Morgan fingerprint density at radius 1 is 0.565 bits per heavy atom. The van der Waals surface area contributed by atoms with Crippen molar-refractivity contribution < 1.29 is 39.5 Å². The molecule has 4 atom stereocenters. The summed E-state index contributed by atoms with van der Waals surface area (Å²) in [5.41, 5.74) is 3.28. The number of rotatable bonds is 11. The van der Waals surface area contributed by atoms with Crippen molar-refractivity contribution >= 4 is 34.0 Å². The zero-order valence-electron chi connectivity index (χ0n) is 36.7. The van der Waals surface area contributed by atoms with Crippen LogP contribution in [0.1, 0.15) is 136 Å². The first kappa shape index (κ1) is 42.8. The molecule has 0 saturated heterocycles. The number of nitrogens with zero attached hydrogens (tertiary/aromatic N) is 2. The van der Waals surface area contributed by atoms with Gasteiger partial charge in [-0.25, -0.2) is 0 Å². The average molecular weight is 841 g/mol. The number of phenolic OH excluding ortho intramolecular Hbond substituents is 6. The molecule has 2 aliphatic rings. The number of benzene rings is 4. The van der Waals surface area contributed by atoms with E-state index in [4.69, 9.17) is 18.8 Å². The van der Waals surface area contributed by atoms with Crippen molar-refractivity contribution in [3.05, 3.63) is 93.8 Å². The third-order valence-corrected chi connectivity index (χ3v) is 13.6. The first-order valence-corrected chi connectivity index (χ1v) is 22.4. The van der Waals surface area contributed by atoms with Crippen LogP contribution < -0.4 is 0 Å². The summed E-state index contributed by atoms with van der Waals surface area (Å²) in [7, 11) is 0. The van der Waals surface area contributed by atoms with E-state index in [0.717, 1.165) is 75.7 Å². The van der Waals surface area contributed by atoms with Crippen LogP contribution in [-0.4, -0.2) is 55.2 Å². The molecule has 2 heterocycles. The highest BCUT2D eigenvalue weighted by Gasteiger charge is 2.32. The molecule has 0 amide bonds. The highest BCUT2D eigenvalue weighted by atomic mass is 16.3. The van der Waals surface area contributed by atoms with Crippen LogP contribution in [0.3, 0.4) is 0 Å². The van der Waals surface area contributed by atoms with Crippen LogP contribution >= 0.6 is 0 Å². The fourth-order valence-corrected chi connectivity index (χ4v) is 10.6. The van der Waals surface area contributed by atoms with Crippen LogP contribution in [-0.2, 0) is 12.8 Å². The summed E-state index contributed by atoms with van der Waals surface area (Å²) in [6.07, 6.45) is 15.9. The smallest absolute Gasteiger partial charge is 0.167 e. The maximum absolute atomic E-state index is 12.7. The molecule has 0 radical (unpaired) electrons. The predicted molar refractivity (Wildman–Crippen MR) is 246 cm³/mol. The number of aliphatic imine (C=N–C) groups is 2. The van der Waals surface area contributed by atoms with Gasteiger partial charge in [0.05, 0.1) is 24.6 Å². The van der Waals surface area contributed by atoms with Crippen LogP contribution in [0.4, 0.5) is 0 Å². The third kappa shape index (κ3) is 7.77. The van der Waals surface area contributed by atoms with Crippen LogP contribution in [0.5, 0.6) is 34.5 Å². The Balaban J connectivity index is 1.32. The van der Waals surface area contributed by atoms with Crippen molar-refractivity contribution in [2.75, 3.05) is 0 Å². The maximum Gasteiger partial charge on any atom is 0.167 e. The number of furan rings is 2. The van der Waals surface area contributed by atoms with Crippen molar-refractivity contribution in [1.29, 1.82) is 0 Å². The lowest BCUT2D eigenvalue weighted by molar-refractivity contribution is 0.292. The quantitative estimate of drug-likeness (QED) is 0.0552. The summed E-state index contributed by atoms with van der Waals surface area (Å²) in [6.45, 7) is 11.4. The van der Waals surface area contributed by atoms with Crippen molar-refractivity contribution in [2.24, 2.45) is 21.8 Å². The van der Waals surface area contributed by atoms with Crippen LogP contribution in [0, 0.1) is 25.7 Å². The van der Waals surface area contributed by atoms with Gasteiger partial charge in [-0.3, -0.25) is 9.98 Å². The topological polar surface area (TPSA) is 172 Å². The summed E-state index contributed by atoms with van der Waals surface area (Å²) in [5.74, 6) is 0.159. The van der Waals surface area contributed by atoms with Gasteiger partial charge < -0.3 is 39.5 Å². The molecule has 326 valence electrons. The van der Waals surface area contributed by atoms with Crippen molar-refractivity contribution in [2.45, 2.75) is 130 Å². The first-order chi connectivity index (χ1) is 29.8. The summed E-state index contributed by atoms with van der Waals surface area (Å²) >= 11 is 0. The third-order valence-electron chi connectivity index (χ3n) is 13.6. The van der Waals surface area contributed by atoms with E-state index in [9.17, 15) is 30.6 Å². The van der Waals surface area contributed by atoms with Gasteiger partial charge in [-0.2, -0.15) is 0 Å². The van der Waals surface area contributed by atoms with Crippen LogP contribution in [0.15, 0.2) is 67.7 Å². The number of hydrogen-bond donors (Lipinski definition) is 6. The lowest BCUT2D eigenvalue weighted by atomic mass is 9.81. The molecule has 0 spiro atoms. The fourth-order valence-electron chi connectivity index (χ4n) is 10.6. The average Bonchev–Trinajstić information content (AvgIpc) is 3.96. The SMILES string of the molecule is Cc1cc2c(C(C)C)c(O)c(O)c(C=N[C@H]3CCCC[C@H]3Cc3ccco3)c2c(O)c1-c1c(C)cc2c(C(C)C)c(O)c(O)c(C=N[C@@H]3CCCC[C@H]3Cc3ccco3)c2c1O. The second-order valence-corrected chi connectivity index (χ2v) is 18.4. The monoisotopic (exact) mass is 840 g/mol. The van der Waals surface area contributed by atoms with E-state index in [1.807, 2.05) is 77.9 Å². The minimum absolute atomic E-state index is 0.0672. The Kier molecular flexibility index (Phi) is 12.0. The van der Waals surface area contributed by atoms with E-state index in [0.29, 0.717) is 54.9 Å². The van der Waals surface area contributed by atoms with Crippen molar-refractivity contribution in [1.82, 2.24) is 0 Å². The number of phenols is 6. The molecule has 2 aromatic heterocycles. The number of aromatic hydroxyl groups is 6. The van der Waals surface area contributed by atoms with E-state index in [1.54, 1.807) is 25.0 Å². The number of fused-ring (bicyclic) bond motifs is 2. The molecule has 6 aromatic rings. The molecule has 8 rings (SSSR count). The Morgan fingerprint density at radius 3 is 1.31 bits per heavy atom. The lowest BCUT2D eigenvalue weighted by Gasteiger charge is -2.28. The summed E-state index contributed by atoms with van der Waals surface area (Å²) in [6, 6.07) is 11.4. The maximum atomic E-state index is 12.7. The van der Waals surface area contributed by atoms with Gasteiger partial charge in [0.25, 0.3) is 0 Å². The number of aryl methyl sites for hydroxylation is 2. The zero-order chi connectivity index (χ0) is 44.0. The van der Waals surface area contributed by atoms with Crippen molar-refractivity contribution in [3.63, 3.8) is 0 Å². The Morgan fingerprint density at radius 2 is 0.952 bits per heavy atom. The minimum atomic E-state index is -0.374. The Hall–Kier alpha value is -5.90. The highest BCUT2D eigenvalue weighted by Crippen LogP contribution is 2.54. The van der Waals surface area contributed by atoms with Gasteiger partial charge in [-0.05, 0) is 109 Å². The normalized spacial score (nSPS) is 19.9. The Bertz CT molecular complexity index is 2470. The van der Waals surface area contributed by atoms with E-state index < -0.39 is 0 Å². The summed E-state index contributed by atoms with van der Waals surface area (Å²) in [5, 5.41) is 73.8. The van der Waals surface area contributed by atoms with E-state index in [-0.39, 0.29) is 81.4 Å². The van der Waals surface area contributed by atoms with Crippen LogP contribution in [0.25, 0.3) is 32.7 Å². The molecule has 10 heteroatoms. The molecular weight excluding hydrogens is 781 g/mol. The summed E-state index contributed by atoms with van der Waals surface area (Å²) < 4.78 is 11.4. The lowest BCUT2D eigenvalue weighted by Crippen LogP contribution is -2.25. The van der Waals surface area contributed by atoms with E-state index in [2.05, 4.69) is 0 Å². The van der Waals surface area contributed by atoms with Crippen LogP contribution in [0.2, 0.25) is 0 Å². The van der Waals surface area contributed by atoms with Gasteiger partial charge in [0, 0.05) is 69.4 Å². The second kappa shape index (κ2) is 17.5. The largest absolute Gasteiger partial charge is 0.507 e. The van der Waals surface area contributed by atoms with Gasteiger partial charge in [0.2, 0.25) is 0 Å². The van der Waals surface area contributed by atoms with Gasteiger partial charge in [0.1, 0.15) is 23.0 Å². The second-order valence-electron chi connectivity index (χ2n) is 18.4. The molecule has 62 heavy (non-hydrogen) atoms. The zero-order valence-corrected chi connectivity index (χ0v) is 36.7. The van der Waals surface area contributed by atoms with E-state index >= 15 is 0 Å². The molecule has 2 saturated carbocycles. The molecule has 0 unspecified atom stereocenters. The highest BCUT2D eigenvalue weighted by molar-refractivity contribution is 6.15. The molecule has 4 aromatic carbocycles. The molecule has 0 bridgehead atoms. The summed E-state index contributed by atoms with van der Waals surface area (Å²) in [4.78, 5) is 10.1. The minimum Gasteiger partial charge on any atom is -0.507 e. The van der Waals surface area contributed by atoms with Gasteiger partial charge >= 0.3 is 0 Å². The molecule has 0 aliphatic heterocycles. The van der Waals surface area contributed by atoms with Gasteiger partial charge in [-0.15, -0.1) is 0 Å². The molecule has 2 fully saturated rings. The molecule has 2 aliphatic carbocycles. The molecular formula is C52H60N2O8. The van der Waals surface area contributed by atoms with Crippen molar-refractivity contribution in [3.8, 4) is 45.6 Å². The Labute approximate surface area is 363 Å². The predicted octanol–water partition coefficient (Wildman–Crippen LogP) is 12.4. The first-order valence-electron chi connectivity index (χ1n) is 22.4.